The Balaban J connectivity index is 2.11. The molecule has 1 aromatic rings. The largest absolute Gasteiger partial charge is 0.495 e. The monoisotopic (exact) mass is 232 g/mol. The van der Waals surface area contributed by atoms with E-state index in [4.69, 9.17) is 14.7 Å². The summed E-state index contributed by atoms with van der Waals surface area (Å²) in [6.07, 6.45) is 2.01. The molecular weight excluding hydrogens is 216 g/mol. The van der Waals surface area contributed by atoms with Crippen LogP contribution in [0.5, 0.6) is 5.75 Å². The Morgan fingerprint density at radius 2 is 2.18 bits per heavy atom. The van der Waals surface area contributed by atoms with Crippen molar-refractivity contribution in [1.29, 1.82) is 5.26 Å². The number of rotatable bonds is 3. The van der Waals surface area contributed by atoms with Crippen LogP contribution in [0.2, 0.25) is 0 Å². The molecule has 4 nitrogen and oxygen atoms in total. The molecule has 1 fully saturated rings. The second-order valence-corrected chi connectivity index (χ2v) is 4.06. The summed E-state index contributed by atoms with van der Waals surface area (Å²) in [7, 11) is 1.62. The molecule has 0 bridgehead atoms. The lowest BCUT2D eigenvalue weighted by molar-refractivity contribution is 0.0904. The molecule has 1 heterocycles. The molecular formula is C13H16N2O2. The first-order valence-corrected chi connectivity index (χ1v) is 5.76. The predicted molar refractivity (Wildman–Crippen MR) is 65.2 cm³/mol. The van der Waals surface area contributed by atoms with E-state index < -0.39 is 0 Å². The third kappa shape index (κ3) is 2.89. The molecule has 0 aromatic heterocycles. The van der Waals surface area contributed by atoms with E-state index in [1.54, 1.807) is 19.2 Å². The van der Waals surface area contributed by atoms with E-state index in [0.29, 0.717) is 11.6 Å². The highest BCUT2D eigenvalue weighted by molar-refractivity contribution is 5.59. The first-order chi connectivity index (χ1) is 8.33. The molecule has 1 aliphatic rings. The minimum Gasteiger partial charge on any atom is -0.495 e. The predicted octanol–water partition coefficient (Wildman–Crippen LogP) is 2.16. The van der Waals surface area contributed by atoms with Crippen molar-refractivity contribution in [2.24, 2.45) is 0 Å². The molecule has 1 saturated heterocycles. The Bertz CT molecular complexity index is 420. The van der Waals surface area contributed by atoms with Crippen LogP contribution in [0.4, 0.5) is 5.69 Å². The van der Waals surface area contributed by atoms with E-state index in [-0.39, 0.29) is 0 Å². The smallest absolute Gasteiger partial charge is 0.143 e. The molecule has 0 unspecified atom stereocenters. The SMILES string of the molecule is COc1cc(C#N)ccc1NC1CCOCC1. The van der Waals surface area contributed by atoms with Gasteiger partial charge in [0.05, 0.1) is 24.4 Å². The lowest BCUT2D eigenvalue weighted by Crippen LogP contribution is -2.27. The van der Waals surface area contributed by atoms with Gasteiger partial charge in [-0.2, -0.15) is 5.26 Å². The second kappa shape index (κ2) is 5.55. The van der Waals surface area contributed by atoms with E-state index >= 15 is 0 Å². The van der Waals surface area contributed by atoms with E-state index in [1.165, 1.54) is 0 Å². The lowest BCUT2D eigenvalue weighted by Gasteiger charge is -2.25. The number of nitriles is 1. The zero-order valence-corrected chi connectivity index (χ0v) is 9.90. The zero-order valence-electron chi connectivity index (χ0n) is 9.90. The first kappa shape index (κ1) is 11.7. The normalized spacial score (nSPS) is 16.2. The highest BCUT2D eigenvalue weighted by Gasteiger charge is 2.15. The van der Waals surface area contributed by atoms with Crippen LogP contribution in [0.15, 0.2) is 18.2 Å². The van der Waals surface area contributed by atoms with Crippen LogP contribution in [0.3, 0.4) is 0 Å². The highest BCUT2D eigenvalue weighted by Crippen LogP contribution is 2.27. The van der Waals surface area contributed by atoms with Crippen LogP contribution in [0, 0.1) is 11.3 Å². The fourth-order valence-corrected chi connectivity index (χ4v) is 1.94. The van der Waals surface area contributed by atoms with Gasteiger partial charge in [-0.3, -0.25) is 0 Å². The van der Waals surface area contributed by atoms with Gasteiger partial charge >= 0.3 is 0 Å². The molecule has 1 N–H and O–H groups in total. The van der Waals surface area contributed by atoms with Gasteiger partial charge < -0.3 is 14.8 Å². The molecule has 2 rings (SSSR count). The van der Waals surface area contributed by atoms with Crippen molar-refractivity contribution in [3.8, 4) is 11.8 Å². The lowest BCUT2D eigenvalue weighted by atomic mass is 10.1. The van der Waals surface area contributed by atoms with E-state index in [9.17, 15) is 0 Å². The Hall–Kier alpha value is -1.73. The third-order valence-electron chi connectivity index (χ3n) is 2.91. The number of ether oxygens (including phenoxy) is 2. The Kier molecular flexibility index (Phi) is 3.84. The van der Waals surface area contributed by atoms with E-state index in [0.717, 1.165) is 37.5 Å². The maximum Gasteiger partial charge on any atom is 0.143 e. The van der Waals surface area contributed by atoms with Crippen molar-refractivity contribution in [1.82, 2.24) is 0 Å². The van der Waals surface area contributed by atoms with Crippen LogP contribution in [-0.2, 0) is 4.74 Å². The van der Waals surface area contributed by atoms with Crippen molar-refractivity contribution >= 4 is 5.69 Å². The quantitative estimate of drug-likeness (QED) is 0.867. The van der Waals surface area contributed by atoms with Crippen LogP contribution < -0.4 is 10.1 Å². The molecule has 0 spiro atoms. The summed E-state index contributed by atoms with van der Waals surface area (Å²) in [6, 6.07) is 7.97. The van der Waals surface area contributed by atoms with Gasteiger partial charge in [0.1, 0.15) is 5.75 Å². The van der Waals surface area contributed by atoms with Gasteiger partial charge in [0, 0.05) is 25.3 Å². The van der Waals surface area contributed by atoms with Gasteiger partial charge in [-0.1, -0.05) is 0 Å². The molecule has 0 atom stereocenters. The van der Waals surface area contributed by atoms with Gasteiger partial charge in [-0.15, -0.1) is 0 Å². The molecule has 90 valence electrons. The Morgan fingerprint density at radius 3 is 2.82 bits per heavy atom. The topological polar surface area (TPSA) is 54.3 Å². The van der Waals surface area contributed by atoms with Gasteiger partial charge in [0.25, 0.3) is 0 Å². The first-order valence-electron chi connectivity index (χ1n) is 5.76. The number of hydrogen-bond donors (Lipinski definition) is 1. The number of nitrogens with one attached hydrogen (secondary N) is 1. The molecule has 0 aliphatic carbocycles. The fourth-order valence-electron chi connectivity index (χ4n) is 1.94. The van der Waals surface area contributed by atoms with Crippen molar-refractivity contribution in [3.05, 3.63) is 23.8 Å². The maximum absolute atomic E-state index is 8.83. The summed E-state index contributed by atoms with van der Waals surface area (Å²) in [5.74, 6) is 0.718. The molecule has 17 heavy (non-hydrogen) atoms. The zero-order chi connectivity index (χ0) is 12.1. The van der Waals surface area contributed by atoms with Gasteiger partial charge in [-0.05, 0) is 25.0 Å². The standard InChI is InChI=1S/C13H16N2O2/c1-16-13-8-10(9-14)2-3-12(13)15-11-4-6-17-7-5-11/h2-3,8,11,15H,4-7H2,1H3. The van der Waals surface area contributed by atoms with Crippen molar-refractivity contribution < 1.29 is 9.47 Å². The van der Waals surface area contributed by atoms with Gasteiger partial charge in [-0.25, -0.2) is 0 Å². The summed E-state index contributed by atoms with van der Waals surface area (Å²) in [4.78, 5) is 0. The fraction of sp³-hybridized carbons (Fsp3) is 0.462. The highest BCUT2D eigenvalue weighted by atomic mass is 16.5. The number of benzene rings is 1. The van der Waals surface area contributed by atoms with E-state index in [1.807, 2.05) is 6.07 Å². The molecule has 4 heteroatoms. The average Bonchev–Trinajstić information content (AvgIpc) is 2.40. The minimum atomic E-state index is 0.422. The molecule has 1 aliphatic heterocycles. The maximum atomic E-state index is 8.83. The number of nitrogens with zero attached hydrogens (tertiary/aromatic N) is 1. The average molecular weight is 232 g/mol. The van der Waals surface area contributed by atoms with Crippen molar-refractivity contribution in [3.63, 3.8) is 0 Å². The van der Waals surface area contributed by atoms with Gasteiger partial charge in [0.15, 0.2) is 0 Å². The summed E-state index contributed by atoms with van der Waals surface area (Å²) >= 11 is 0. The number of hydrogen-bond acceptors (Lipinski definition) is 4. The van der Waals surface area contributed by atoms with Crippen LogP contribution in [-0.4, -0.2) is 26.4 Å². The molecule has 0 amide bonds. The van der Waals surface area contributed by atoms with Crippen molar-refractivity contribution in [2.75, 3.05) is 25.6 Å². The van der Waals surface area contributed by atoms with E-state index in [2.05, 4.69) is 11.4 Å². The Labute approximate surface area is 101 Å². The summed E-state index contributed by atoms with van der Waals surface area (Å²) in [5.41, 5.74) is 1.55. The molecule has 1 aromatic carbocycles. The third-order valence-corrected chi connectivity index (χ3v) is 2.91. The number of methoxy groups -OCH3 is 1. The summed E-state index contributed by atoms with van der Waals surface area (Å²) in [5, 5.41) is 12.3. The molecule has 0 radical (unpaired) electrons. The number of anilines is 1. The summed E-state index contributed by atoms with van der Waals surface area (Å²) in [6.45, 7) is 1.60. The van der Waals surface area contributed by atoms with Crippen LogP contribution >= 0.6 is 0 Å². The van der Waals surface area contributed by atoms with Crippen molar-refractivity contribution in [2.45, 2.75) is 18.9 Å². The minimum absolute atomic E-state index is 0.422. The Morgan fingerprint density at radius 1 is 1.41 bits per heavy atom. The molecule has 0 saturated carbocycles. The van der Waals surface area contributed by atoms with Crippen LogP contribution in [0.1, 0.15) is 18.4 Å². The van der Waals surface area contributed by atoms with Gasteiger partial charge in [0.2, 0.25) is 0 Å². The van der Waals surface area contributed by atoms with Crippen LogP contribution in [0.25, 0.3) is 0 Å². The second-order valence-electron chi connectivity index (χ2n) is 4.06. The summed E-state index contributed by atoms with van der Waals surface area (Å²) < 4.78 is 10.6.